The summed E-state index contributed by atoms with van der Waals surface area (Å²) in [7, 11) is 1.64. The van der Waals surface area contributed by atoms with E-state index < -0.39 is 0 Å². The average Bonchev–Trinajstić information content (AvgIpc) is 2.93. The van der Waals surface area contributed by atoms with Gasteiger partial charge in [0.05, 0.1) is 13.3 Å². The van der Waals surface area contributed by atoms with E-state index in [0.717, 1.165) is 23.5 Å². The van der Waals surface area contributed by atoms with Crippen LogP contribution < -0.4 is 10.4 Å². The molecule has 2 aromatic heterocycles. The molecule has 3 rings (SSSR count). The molecule has 0 radical (unpaired) electrons. The zero-order chi connectivity index (χ0) is 15.4. The smallest absolute Gasteiger partial charge is 0.252 e. The fraction of sp³-hybridized carbons (Fsp3) is 0.188. The largest absolute Gasteiger partial charge is 0.496 e. The van der Waals surface area contributed by atoms with E-state index in [1.54, 1.807) is 13.3 Å². The first kappa shape index (κ1) is 14.1. The highest BCUT2D eigenvalue weighted by molar-refractivity contribution is 5.83. The third-order valence-corrected chi connectivity index (χ3v) is 3.29. The van der Waals surface area contributed by atoms with E-state index in [-0.39, 0.29) is 0 Å². The summed E-state index contributed by atoms with van der Waals surface area (Å²) >= 11 is 0. The molecule has 3 aromatic rings. The molecule has 1 aromatic carbocycles. The van der Waals surface area contributed by atoms with Gasteiger partial charge in [-0.3, -0.25) is 4.40 Å². The van der Waals surface area contributed by atoms with Crippen molar-refractivity contribution in [3.63, 3.8) is 0 Å². The second-order valence-corrected chi connectivity index (χ2v) is 4.63. The van der Waals surface area contributed by atoms with E-state index >= 15 is 0 Å². The minimum Gasteiger partial charge on any atom is -0.496 e. The highest BCUT2D eigenvalue weighted by Crippen LogP contribution is 2.14. The van der Waals surface area contributed by atoms with Crippen LogP contribution in [0.3, 0.4) is 0 Å². The number of hydrogen-bond donors (Lipinski definition) is 0. The summed E-state index contributed by atoms with van der Waals surface area (Å²) in [6, 6.07) is 13.5. The van der Waals surface area contributed by atoms with Crippen LogP contribution in [-0.2, 0) is 6.54 Å². The highest BCUT2D eigenvalue weighted by atomic mass is 16.5. The molecule has 2 heterocycles. The Balaban J connectivity index is 2.04. The molecule has 0 aliphatic carbocycles. The standard InChI is InChI=1S/C16H17N5O/c1-3-21-16(20-11-7-6-10-15(20)19-21)18-17-12-13-8-4-5-9-14(13)22-2/h4-12H,3H2,1-2H3/b17-12+,18-16-. The number of para-hydroxylation sites is 1. The highest BCUT2D eigenvalue weighted by Gasteiger charge is 2.02. The van der Waals surface area contributed by atoms with Gasteiger partial charge >= 0.3 is 0 Å². The van der Waals surface area contributed by atoms with Crippen LogP contribution in [0.1, 0.15) is 12.5 Å². The molecule has 0 aliphatic rings. The molecule has 0 fully saturated rings. The number of ether oxygens (including phenoxy) is 1. The van der Waals surface area contributed by atoms with Gasteiger partial charge in [-0.1, -0.05) is 18.2 Å². The topological polar surface area (TPSA) is 56.2 Å². The van der Waals surface area contributed by atoms with Crippen LogP contribution >= 0.6 is 0 Å². The summed E-state index contributed by atoms with van der Waals surface area (Å²) in [6.07, 6.45) is 3.60. The minimum atomic E-state index is 0.684. The zero-order valence-corrected chi connectivity index (χ0v) is 12.5. The molecule has 0 aliphatic heterocycles. The molecular formula is C16H17N5O. The number of pyridine rings is 1. The van der Waals surface area contributed by atoms with Gasteiger partial charge in [0.2, 0.25) is 0 Å². The van der Waals surface area contributed by atoms with Crippen molar-refractivity contribution < 1.29 is 4.74 Å². The first-order valence-corrected chi connectivity index (χ1v) is 7.07. The van der Waals surface area contributed by atoms with Gasteiger partial charge in [0.1, 0.15) is 5.75 Å². The van der Waals surface area contributed by atoms with Crippen molar-refractivity contribution in [1.29, 1.82) is 0 Å². The maximum Gasteiger partial charge on any atom is 0.252 e. The summed E-state index contributed by atoms with van der Waals surface area (Å²) in [5, 5.41) is 13.0. The first-order valence-electron chi connectivity index (χ1n) is 7.07. The number of aromatic nitrogens is 3. The van der Waals surface area contributed by atoms with Gasteiger partial charge in [-0.25, -0.2) is 4.68 Å². The van der Waals surface area contributed by atoms with Crippen molar-refractivity contribution in [2.45, 2.75) is 13.5 Å². The van der Waals surface area contributed by atoms with Crippen LogP contribution in [0.2, 0.25) is 0 Å². The molecule has 0 unspecified atom stereocenters. The summed E-state index contributed by atoms with van der Waals surface area (Å²) in [5.41, 5.74) is 2.41. The fourth-order valence-electron chi connectivity index (χ4n) is 2.21. The number of nitrogens with zero attached hydrogens (tertiary/aromatic N) is 5. The number of benzene rings is 1. The normalized spacial score (nSPS) is 12.4. The maximum atomic E-state index is 5.29. The summed E-state index contributed by atoms with van der Waals surface area (Å²) in [4.78, 5) is 0. The van der Waals surface area contributed by atoms with Crippen molar-refractivity contribution in [3.8, 4) is 5.75 Å². The lowest BCUT2D eigenvalue weighted by molar-refractivity contribution is 0.414. The Labute approximate surface area is 128 Å². The van der Waals surface area contributed by atoms with E-state index in [1.807, 2.05) is 64.7 Å². The molecule has 6 heteroatoms. The molecule has 112 valence electrons. The van der Waals surface area contributed by atoms with Gasteiger partial charge in [-0.15, -0.1) is 5.10 Å². The lowest BCUT2D eigenvalue weighted by Gasteiger charge is -2.01. The van der Waals surface area contributed by atoms with Crippen LogP contribution in [-0.4, -0.2) is 27.5 Å². The van der Waals surface area contributed by atoms with Crippen LogP contribution in [0.4, 0.5) is 0 Å². The number of hydrogen-bond acceptors (Lipinski definition) is 4. The Morgan fingerprint density at radius 1 is 1.18 bits per heavy atom. The van der Waals surface area contributed by atoms with Crippen molar-refractivity contribution >= 4 is 11.9 Å². The third kappa shape index (κ3) is 2.63. The molecular weight excluding hydrogens is 278 g/mol. The predicted molar refractivity (Wildman–Crippen MR) is 85.0 cm³/mol. The van der Waals surface area contributed by atoms with E-state index in [4.69, 9.17) is 4.74 Å². The van der Waals surface area contributed by atoms with Crippen LogP contribution in [0.15, 0.2) is 58.9 Å². The van der Waals surface area contributed by atoms with E-state index in [9.17, 15) is 0 Å². The van der Waals surface area contributed by atoms with Gasteiger partial charge < -0.3 is 4.74 Å². The van der Waals surface area contributed by atoms with Gasteiger partial charge in [0.15, 0.2) is 5.65 Å². The Morgan fingerprint density at radius 2 is 2.00 bits per heavy atom. The minimum absolute atomic E-state index is 0.684. The lowest BCUT2D eigenvalue weighted by atomic mass is 10.2. The molecule has 22 heavy (non-hydrogen) atoms. The van der Waals surface area contributed by atoms with Gasteiger partial charge in [0.25, 0.3) is 5.62 Å². The summed E-state index contributed by atoms with van der Waals surface area (Å²) < 4.78 is 9.01. The second-order valence-electron chi connectivity index (χ2n) is 4.63. The van der Waals surface area contributed by atoms with E-state index in [1.165, 1.54) is 0 Å². The average molecular weight is 295 g/mol. The fourth-order valence-corrected chi connectivity index (χ4v) is 2.21. The third-order valence-electron chi connectivity index (χ3n) is 3.29. The Bertz CT molecular complexity index is 875. The molecule has 0 saturated carbocycles. The van der Waals surface area contributed by atoms with Gasteiger partial charge in [-0.05, 0) is 31.2 Å². The summed E-state index contributed by atoms with van der Waals surface area (Å²) in [6.45, 7) is 2.75. The van der Waals surface area contributed by atoms with Crippen molar-refractivity contribution in [1.82, 2.24) is 14.2 Å². The number of methoxy groups -OCH3 is 1. The zero-order valence-electron chi connectivity index (χ0n) is 12.5. The van der Waals surface area contributed by atoms with Crippen molar-refractivity contribution in [3.05, 3.63) is 59.8 Å². The molecule has 0 saturated heterocycles. The van der Waals surface area contributed by atoms with Crippen molar-refractivity contribution in [2.24, 2.45) is 10.2 Å². The predicted octanol–water partition coefficient (Wildman–Crippen LogP) is 2.10. The SMILES string of the molecule is CCn1nc2ccccn2/c1=N/N=C/c1ccccc1OC. The van der Waals surface area contributed by atoms with Gasteiger partial charge in [0, 0.05) is 18.3 Å². The Morgan fingerprint density at radius 3 is 2.82 bits per heavy atom. The van der Waals surface area contributed by atoms with E-state index in [2.05, 4.69) is 15.3 Å². The van der Waals surface area contributed by atoms with E-state index in [0.29, 0.717) is 5.62 Å². The number of rotatable bonds is 4. The molecule has 0 atom stereocenters. The Kier molecular flexibility index (Phi) is 4.00. The summed E-state index contributed by atoms with van der Waals surface area (Å²) in [5.74, 6) is 0.767. The molecule has 0 amide bonds. The quantitative estimate of drug-likeness (QED) is 0.547. The number of aryl methyl sites for hydroxylation is 1. The van der Waals surface area contributed by atoms with Gasteiger partial charge in [-0.2, -0.15) is 10.2 Å². The molecule has 6 nitrogen and oxygen atoms in total. The lowest BCUT2D eigenvalue weighted by Crippen LogP contribution is -2.21. The van der Waals surface area contributed by atoms with Crippen LogP contribution in [0.5, 0.6) is 5.75 Å². The molecule has 0 bridgehead atoms. The first-order chi connectivity index (χ1) is 10.8. The molecule has 0 N–H and O–H groups in total. The second kappa shape index (κ2) is 6.26. The Hall–Kier alpha value is -2.89. The van der Waals surface area contributed by atoms with Crippen LogP contribution in [0.25, 0.3) is 5.65 Å². The monoisotopic (exact) mass is 295 g/mol. The number of fused-ring (bicyclic) bond motifs is 1. The van der Waals surface area contributed by atoms with Crippen molar-refractivity contribution in [2.75, 3.05) is 7.11 Å². The molecule has 0 spiro atoms. The maximum absolute atomic E-state index is 5.29. The van der Waals surface area contributed by atoms with Crippen LogP contribution in [0, 0.1) is 0 Å².